The lowest BCUT2D eigenvalue weighted by Gasteiger charge is -2.11. The lowest BCUT2D eigenvalue weighted by atomic mass is 10.1. The van der Waals surface area contributed by atoms with Crippen LogP contribution in [0.1, 0.15) is 27.0 Å². The van der Waals surface area contributed by atoms with Gasteiger partial charge in [-0.15, -0.1) is 0 Å². The average molecular weight is 370 g/mol. The monoisotopic (exact) mass is 370 g/mol. The van der Waals surface area contributed by atoms with Crippen molar-refractivity contribution in [2.24, 2.45) is 0 Å². The summed E-state index contributed by atoms with van der Waals surface area (Å²) < 4.78 is 4.90. The zero-order valence-electron chi connectivity index (χ0n) is 15.2. The summed E-state index contributed by atoms with van der Waals surface area (Å²) >= 11 is 0. The Hall–Kier alpha value is -3.19. The van der Waals surface area contributed by atoms with Gasteiger partial charge in [0, 0.05) is 5.69 Å². The molecule has 0 fully saturated rings. The van der Waals surface area contributed by atoms with Crippen molar-refractivity contribution in [3.05, 3.63) is 64.7 Å². The Bertz CT molecular complexity index is 831. The van der Waals surface area contributed by atoms with Crippen LogP contribution in [0.5, 0.6) is 0 Å². The molecule has 0 aliphatic heterocycles. The van der Waals surface area contributed by atoms with E-state index in [2.05, 4.69) is 10.6 Å². The van der Waals surface area contributed by atoms with Crippen LogP contribution in [0.3, 0.4) is 0 Å². The van der Waals surface area contributed by atoms with Crippen molar-refractivity contribution in [3.8, 4) is 0 Å². The van der Waals surface area contributed by atoms with E-state index >= 15 is 0 Å². The molecule has 7 nitrogen and oxygen atoms in total. The van der Waals surface area contributed by atoms with Crippen molar-refractivity contribution in [3.63, 3.8) is 0 Å². The number of hydrogen-bond acceptors (Lipinski definition) is 5. The van der Waals surface area contributed by atoms with Gasteiger partial charge in [-0.05, 0) is 48.7 Å². The highest BCUT2D eigenvalue weighted by molar-refractivity contribution is 5.96. The SMILES string of the molecule is Cc1cccc(NC(=O)CNC(=O)COC(=O)c2ccc(CO)cc2)c1C. The van der Waals surface area contributed by atoms with E-state index in [1.165, 1.54) is 12.1 Å². The van der Waals surface area contributed by atoms with Crippen LogP contribution in [0.4, 0.5) is 5.69 Å². The van der Waals surface area contributed by atoms with Crippen LogP contribution in [0, 0.1) is 13.8 Å². The fourth-order valence-corrected chi connectivity index (χ4v) is 2.27. The topological polar surface area (TPSA) is 105 Å². The van der Waals surface area contributed by atoms with Crippen molar-refractivity contribution in [1.29, 1.82) is 0 Å². The van der Waals surface area contributed by atoms with Gasteiger partial charge in [-0.1, -0.05) is 24.3 Å². The maximum absolute atomic E-state index is 11.9. The predicted molar refractivity (Wildman–Crippen MR) is 100 cm³/mol. The third-order valence-electron chi connectivity index (χ3n) is 4.03. The van der Waals surface area contributed by atoms with Gasteiger partial charge >= 0.3 is 5.97 Å². The van der Waals surface area contributed by atoms with Crippen LogP contribution in [0.15, 0.2) is 42.5 Å². The number of esters is 1. The summed E-state index contributed by atoms with van der Waals surface area (Å²) in [6.45, 7) is 3.00. The summed E-state index contributed by atoms with van der Waals surface area (Å²) in [5, 5.41) is 14.1. The van der Waals surface area contributed by atoms with Gasteiger partial charge in [0.25, 0.3) is 5.91 Å². The zero-order valence-corrected chi connectivity index (χ0v) is 15.2. The third-order valence-corrected chi connectivity index (χ3v) is 4.03. The van der Waals surface area contributed by atoms with E-state index in [0.29, 0.717) is 11.3 Å². The molecule has 0 saturated heterocycles. The Morgan fingerprint density at radius 2 is 1.70 bits per heavy atom. The smallest absolute Gasteiger partial charge is 0.338 e. The molecule has 0 unspecified atom stereocenters. The van der Waals surface area contributed by atoms with Crippen molar-refractivity contribution >= 4 is 23.5 Å². The van der Waals surface area contributed by atoms with Gasteiger partial charge in [0.2, 0.25) is 5.91 Å². The van der Waals surface area contributed by atoms with E-state index in [0.717, 1.165) is 11.1 Å². The van der Waals surface area contributed by atoms with Crippen LogP contribution in [-0.2, 0) is 20.9 Å². The molecular formula is C20H22N2O5. The summed E-state index contributed by atoms with van der Waals surface area (Å²) in [6, 6.07) is 11.8. The van der Waals surface area contributed by atoms with Crippen molar-refractivity contribution in [2.45, 2.75) is 20.5 Å². The minimum atomic E-state index is -0.658. The molecule has 0 atom stereocenters. The van der Waals surface area contributed by atoms with Crippen molar-refractivity contribution in [2.75, 3.05) is 18.5 Å². The van der Waals surface area contributed by atoms with Gasteiger partial charge in [0.1, 0.15) is 0 Å². The van der Waals surface area contributed by atoms with E-state index in [9.17, 15) is 14.4 Å². The number of rotatable bonds is 7. The standard InChI is InChI=1S/C20H22N2O5/c1-13-4-3-5-17(14(13)2)22-18(24)10-21-19(25)12-27-20(26)16-8-6-15(11-23)7-9-16/h3-9,23H,10-12H2,1-2H3,(H,21,25)(H,22,24). The number of amides is 2. The maximum atomic E-state index is 11.9. The number of aryl methyl sites for hydroxylation is 1. The predicted octanol–water partition coefficient (Wildman–Crippen LogP) is 1.71. The van der Waals surface area contributed by atoms with Gasteiger partial charge in [0.05, 0.1) is 18.7 Å². The average Bonchev–Trinajstić information content (AvgIpc) is 2.68. The molecule has 0 aliphatic carbocycles. The molecule has 0 bridgehead atoms. The Morgan fingerprint density at radius 1 is 1.00 bits per heavy atom. The Balaban J connectivity index is 1.75. The van der Waals surface area contributed by atoms with Crippen LogP contribution >= 0.6 is 0 Å². The van der Waals surface area contributed by atoms with Crippen molar-refractivity contribution < 1.29 is 24.2 Å². The zero-order chi connectivity index (χ0) is 19.8. The Morgan fingerprint density at radius 3 is 2.37 bits per heavy atom. The first-order chi connectivity index (χ1) is 12.9. The second kappa shape index (κ2) is 9.49. The van der Waals surface area contributed by atoms with Gasteiger partial charge < -0.3 is 20.5 Å². The summed E-state index contributed by atoms with van der Waals surface area (Å²) in [4.78, 5) is 35.6. The number of aliphatic hydroxyl groups excluding tert-OH is 1. The Labute approximate surface area is 157 Å². The maximum Gasteiger partial charge on any atom is 0.338 e. The first-order valence-corrected chi connectivity index (χ1v) is 8.40. The number of benzene rings is 2. The molecular weight excluding hydrogens is 348 g/mol. The molecule has 0 aliphatic rings. The largest absolute Gasteiger partial charge is 0.452 e. The number of nitrogens with one attached hydrogen (secondary N) is 2. The molecule has 0 radical (unpaired) electrons. The summed E-state index contributed by atoms with van der Waals surface area (Å²) in [7, 11) is 0. The molecule has 0 spiro atoms. The van der Waals surface area contributed by atoms with E-state index < -0.39 is 18.5 Å². The van der Waals surface area contributed by atoms with E-state index in [1.807, 2.05) is 26.0 Å². The Kier molecular flexibility index (Phi) is 7.08. The summed E-state index contributed by atoms with van der Waals surface area (Å²) in [6.07, 6.45) is 0. The molecule has 2 rings (SSSR count). The molecule has 142 valence electrons. The van der Waals surface area contributed by atoms with E-state index in [4.69, 9.17) is 9.84 Å². The minimum absolute atomic E-state index is 0.123. The molecule has 2 aromatic carbocycles. The molecule has 2 aromatic rings. The fourth-order valence-electron chi connectivity index (χ4n) is 2.27. The number of hydrogen-bond donors (Lipinski definition) is 3. The van der Waals surface area contributed by atoms with Gasteiger partial charge in [-0.2, -0.15) is 0 Å². The molecule has 3 N–H and O–H groups in total. The first kappa shape index (κ1) is 20.1. The molecule has 2 amide bonds. The molecule has 0 heterocycles. The highest BCUT2D eigenvalue weighted by Crippen LogP contribution is 2.17. The lowest BCUT2D eigenvalue weighted by molar-refractivity contribution is -0.126. The number of anilines is 1. The first-order valence-electron chi connectivity index (χ1n) is 8.40. The van der Waals surface area contributed by atoms with Crippen LogP contribution in [0.2, 0.25) is 0 Å². The number of carbonyl (C=O) groups is 3. The number of ether oxygens (including phenoxy) is 1. The summed E-state index contributed by atoms with van der Waals surface area (Å²) in [5.74, 6) is -1.61. The van der Waals surface area contributed by atoms with Crippen molar-refractivity contribution in [1.82, 2.24) is 5.32 Å². The molecule has 27 heavy (non-hydrogen) atoms. The van der Waals surface area contributed by atoms with E-state index in [1.54, 1.807) is 18.2 Å². The van der Waals surface area contributed by atoms with Crippen LogP contribution in [-0.4, -0.2) is 36.0 Å². The van der Waals surface area contributed by atoms with E-state index in [-0.39, 0.29) is 24.6 Å². The quantitative estimate of drug-likeness (QED) is 0.644. The molecule has 7 heteroatoms. The fraction of sp³-hybridized carbons (Fsp3) is 0.250. The number of aliphatic hydroxyl groups is 1. The third kappa shape index (κ3) is 5.93. The van der Waals surface area contributed by atoms with Crippen LogP contribution in [0.25, 0.3) is 0 Å². The lowest BCUT2D eigenvalue weighted by Crippen LogP contribution is -2.35. The highest BCUT2D eigenvalue weighted by atomic mass is 16.5. The normalized spacial score (nSPS) is 10.2. The second-order valence-electron chi connectivity index (χ2n) is 6.00. The minimum Gasteiger partial charge on any atom is -0.452 e. The summed E-state index contributed by atoms with van der Waals surface area (Å²) in [5.41, 5.74) is 3.63. The van der Waals surface area contributed by atoms with Gasteiger partial charge in [0.15, 0.2) is 6.61 Å². The molecule has 0 saturated carbocycles. The second-order valence-corrected chi connectivity index (χ2v) is 6.00. The number of carbonyl (C=O) groups excluding carboxylic acids is 3. The van der Waals surface area contributed by atoms with Crippen LogP contribution < -0.4 is 10.6 Å². The van der Waals surface area contributed by atoms with Gasteiger partial charge in [-0.3, -0.25) is 9.59 Å². The van der Waals surface area contributed by atoms with Gasteiger partial charge in [-0.25, -0.2) is 4.79 Å². The molecule has 0 aromatic heterocycles. The highest BCUT2D eigenvalue weighted by Gasteiger charge is 2.12.